The number of ether oxygens (including phenoxy) is 1. The van der Waals surface area contributed by atoms with Gasteiger partial charge in [-0.3, -0.25) is 28.8 Å². The van der Waals surface area contributed by atoms with E-state index in [9.17, 15) is 29.4 Å². The maximum Gasteiger partial charge on any atom is 0.330 e. The molecule has 1 unspecified atom stereocenters. The van der Waals surface area contributed by atoms with Crippen molar-refractivity contribution >= 4 is 11.8 Å². The molecule has 5 atom stereocenters. The smallest absolute Gasteiger partial charge is 0.330 e. The standard InChI is InChI=1S/C17H21N3O8/c1-2-3-4-9(28-20-11(22)5-6-12(20)23)15-13(24)14(25)16(27-15)19-8-7-10(21)18-17(19)26/h5-9,13-16,24-25H,2-4H2,1H3,(H,18,21,26)/t9?,13-,14+,15+,16+/m0/s1. The second-order valence-electron chi connectivity index (χ2n) is 6.58. The Morgan fingerprint density at radius 3 is 2.46 bits per heavy atom. The van der Waals surface area contributed by atoms with Gasteiger partial charge in [0.05, 0.1) is 0 Å². The number of aliphatic hydroxyl groups excluding tert-OH is 2. The van der Waals surface area contributed by atoms with Crippen LogP contribution >= 0.6 is 0 Å². The minimum atomic E-state index is -1.50. The largest absolute Gasteiger partial charge is 0.387 e. The number of aromatic amines is 1. The van der Waals surface area contributed by atoms with Crippen molar-refractivity contribution in [1.82, 2.24) is 14.6 Å². The maximum atomic E-state index is 12.0. The zero-order valence-corrected chi connectivity index (χ0v) is 15.1. The van der Waals surface area contributed by atoms with E-state index in [2.05, 4.69) is 0 Å². The van der Waals surface area contributed by atoms with E-state index in [1.165, 1.54) is 0 Å². The monoisotopic (exact) mass is 395 g/mol. The quantitative estimate of drug-likeness (QED) is 0.476. The number of imide groups is 1. The summed E-state index contributed by atoms with van der Waals surface area (Å²) in [6.07, 6.45) is -1.28. The van der Waals surface area contributed by atoms with Crippen LogP contribution in [-0.4, -0.2) is 61.1 Å². The lowest BCUT2D eigenvalue weighted by Crippen LogP contribution is -2.45. The SMILES string of the molecule is CCCCC(ON1C(=O)C=CC1=O)[C@H]1O[C@@H](n2ccc(=O)[nH]c2=O)[C@H](O)[C@@H]1O. The Labute approximate surface area is 158 Å². The molecular weight excluding hydrogens is 374 g/mol. The summed E-state index contributed by atoms with van der Waals surface area (Å²) in [6.45, 7) is 1.92. The zero-order valence-electron chi connectivity index (χ0n) is 15.1. The third kappa shape index (κ3) is 3.83. The van der Waals surface area contributed by atoms with E-state index in [0.29, 0.717) is 17.9 Å². The number of carbonyl (C=O) groups is 2. The molecule has 0 radical (unpaired) electrons. The molecule has 1 saturated heterocycles. The number of hydrogen-bond donors (Lipinski definition) is 3. The Kier molecular flexibility index (Phi) is 5.89. The Morgan fingerprint density at radius 2 is 1.86 bits per heavy atom. The number of rotatable bonds is 7. The lowest BCUT2D eigenvalue weighted by Gasteiger charge is -2.28. The van der Waals surface area contributed by atoms with Crippen LogP contribution in [0.1, 0.15) is 32.4 Å². The molecule has 1 fully saturated rings. The molecule has 0 aromatic carbocycles. The molecule has 2 aliphatic heterocycles. The number of H-pyrrole nitrogens is 1. The predicted octanol–water partition coefficient (Wildman–Crippen LogP) is -1.43. The van der Waals surface area contributed by atoms with E-state index in [0.717, 1.165) is 35.4 Å². The summed E-state index contributed by atoms with van der Waals surface area (Å²) < 4.78 is 6.62. The Hall–Kier alpha value is -2.60. The van der Waals surface area contributed by atoms with Crippen molar-refractivity contribution in [2.45, 2.75) is 56.8 Å². The number of hydrogen-bond acceptors (Lipinski definition) is 8. The highest BCUT2D eigenvalue weighted by Gasteiger charge is 2.49. The first kappa shape index (κ1) is 20.1. The molecule has 2 aliphatic rings. The van der Waals surface area contributed by atoms with Gasteiger partial charge in [-0.2, -0.15) is 0 Å². The van der Waals surface area contributed by atoms with Crippen LogP contribution in [-0.2, 0) is 19.2 Å². The van der Waals surface area contributed by atoms with E-state index >= 15 is 0 Å². The summed E-state index contributed by atoms with van der Waals surface area (Å²) in [7, 11) is 0. The molecular formula is C17H21N3O8. The molecule has 152 valence electrons. The number of amides is 2. The van der Waals surface area contributed by atoms with Crippen molar-refractivity contribution < 1.29 is 29.4 Å². The number of unbranched alkanes of at least 4 members (excludes halogenated alkanes) is 1. The van der Waals surface area contributed by atoms with Crippen LogP contribution in [0, 0.1) is 0 Å². The molecule has 3 heterocycles. The van der Waals surface area contributed by atoms with Gasteiger partial charge >= 0.3 is 5.69 Å². The average Bonchev–Trinajstić information content (AvgIpc) is 3.12. The summed E-state index contributed by atoms with van der Waals surface area (Å²) in [5, 5.41) is 21.4. The number of nitrogens with zero attached hydrogens (tertiary/aromatic N) is 2. The third-order valence-corrected chi connectivity index (χ3v) is 4.62. The van der Waals surface area contributed by atoms with Gasteiger partial charge < -0.3 is 14.9 Å². The molecule has 11 heteroatoms. The topological polar surface area (TPSA) is 151 Å². The van der Waals surface area contributed by atoms with Crippen molar-refractivity contribution in [2.75, 3.05) is 0 Å². The van der Waals surface area contributed by atoms with Gasteiger partial charge in [-0.25, -0.2) is 4.79 Å². The van der Waals surface area contributed by atoms with Crippen molar-refractivity contribution in [3.05, 3.63) is 45.3 Å². The van der Waals surface area contributed by atoms with Gasteiger partial charge in [-0.1, -0.05) is 19.8 Å². The van der Waals surface area contributed by atoms with Crippen LogP contribution in [0.3, 0.4) is 0 Å². The Bertz CT molecular complexity index is 873. The van der Waals surface area contributed by atoms with Gasteiger partial charge in [0.2, 0.25) is 0 Å². The van der Waals surface area contributed by atoms with E-state index in [1.54, 1.807) is 0 Å². The first-order valence-corrected chi connectivity index (χ1v) is 8.89. The summed E-state index contributed by atoms with van der Waals surface area (Å²) in [6, 6.07) is 1.08. The highest BCUT2D eigenvalue weighted by molar-refractivity contribution is 6.11. The van der Waals surface area contributed by atoms with E-state index in [4.69, 9.17) is 9.57 Å². The minimum Gasteiger partial charge on any atom is -0.387 e. The lowest BCUT2D eigenvalue weighted by molar-refractivity contribution is -0.224. The van der Waals surface area contributed by atoms with E-state index < -0.39 is 53.7 Å². The second-order valence-corrected chi connectivity index (χ2v) is 6.58. The van der Waals surface area contributed by atoms with Gasteiger partial charge in [0.15, 0.2) is 6.23 Å². The second kappa shape index (κ2) is 8.19. The molecule has 3 N–H and O–H groups in total. The van der Waals surface area contributed by atoms with Gasteiger partial charge in [0.25, 0.3) is 17.4 Å². The molecule has 0 saturated carbocycles. The molecule has 1 aromatic heterocycles. The minimum absolute atomic E-state index is 0.329. The van der Waals surface area contributed by atoms with Crippen LogP contribution in [0.4, 0.5) is 0 Å². The predicted molar refractivity (Wildman–Crippen MR) is 92.6 cm³/mol. The Morgan fingerprint density at radius 1 is 1.18 bits per heavy atom. The maximum absolute atomic E-state index is 12.0. The molecule has 0 aliphatic carbocycles. The highest BCUT2D eigenvalue weighted by Crippen LogP contribution is 2.33. The van der Waals surface area contributed by atoms with Crippen molar-refractivity contribution in [2.24, 2.45) is 0 Å². The van der Waals surface area contributed by atoms with Gasteiger partial charge in [-0.15, -0.1) is 5.06 Å². The molecule has 11 nitrogen and oxygen atoms in total. The first-order valence-electron chi connectivity index (χ1n) is 8.89. The van der Waals surface area contributed by atoms with Crippen LogP contribution in [0.5, 0.6) is 0 Å². The number of nitrogens with one attached hydrogen (secondary N) is 1. The summed E-state index contributed by atoms with van der Waals surface area (Å²) in [5.41, 5.74) is -1.43. The average molecular weight is 395 g/mol. The van der Waals surface area contributed by atoms with Crippen molar-refractivity contribution in [3.63, 3.8) is 0 Å². The lowest BCUT2D eigenvalue weighted by atomic mass is 10.0. The Balaban J connectivity index is 1.83. The van der Waals surface area contributed by atoms with Crippen LogP contribution in [0.25, 0.3) is 0 Å². The van der Waals surface area contributed by atoms with Crippen molar-refractivity contribution in [1.29, 1.82) is 0 Å². The summed E-state index contributed by atoms with van der Waals surface area (Å²) in [5.74, 6) is -1.32. The van der Waals surface area contributed by atoms with Crippen molar-refractivity contribution in [3.8, 4) is 0 Å². The number of aromatic nitrogens is 2. The number of hydroxylamine groups is 2. The van der Waals surface area contributed by atoms with Gasteiger partial charge in [-0.05, 0) is 6.42 Å². The fraction of sp³-hybridized carbons (Fsp3) is 0.529. The third-order valence-electron chi connectivity index (χ3n) is 4.62. The van der Waals surface area contributed by atoms with E-state index in [-0.39, 0.29) is 0 Å². The van der Waals surface area contributed by atoms with E-state index in [1.807, 2.05) is 11.9 Å². The number of carbonyl (C=O) groups excluding carboxylic acids is 2. The van der Waals surface area contributed by atoms with Crippen LogP contribution < -0.4 is 11.2 Å². The fourth-order valence-electron chi connectivity index (χ4n) is 3.16. The molecule has 3 rings (SSSR count). The zero-order chi connectivity index (χ0) is 20.4. The fourth-order valence-corrected chi connectivity index (χ4v) is 3.16. The molecule has 28 heavy (non-hydrogen) atoms. The highest BCUT2D eigenvalue weighted by atomic mass is 16.7. The molecule has 0 bridgehead atoms. The van der Waals surface area contributed by atoms with Crippen LogP contribution in [0.2, 0.25) is 0 Å². The van der Waals surface area contributed by atoms with Crippen LogP contribution in [0.15, 0.2) is 34.0 Å². The first-order chi connectivity index (χ1) is 13.3. The number of aliphatic hydroxyl groups is 2. The van der Waals surface area contributed by atoms with Gasteiger partial charge in [0.1, 0.15) is 24.4 Å². The normalized spacial score (nSPS) is 28.3. The molecule has 2 amide bonds. The molecule has 0 spiro atoms. The van der Waals surface area contributed by atoms with Gasteiger partial charge in [0, 0.05) is 24.4 Å². The summed E-state index contributed by atoms with van der Waals surface area (Å²) >= 11 is 0. The molecule has 1 aromatic rings. The summed E-state index contributed by atoms with van der Waals surface area (Å²) in [4.78, 5) is 54.3.